The first-order valence-electron chi connectivity index (χ1n) is 9.89. The maximum atomic E-state index is 11.6. The molecule has 2 aromatic carbocycles. The van der Waals surface area contributed by atoms with Gasteiger partial charge in [-0.15, -0.1) is 6.42 Å². The zero-order chi connectivity index (χ0) is 19.4. The Morgan fingerprint density at radius 1 is 0.926 bits per heavy atom. The van der Waals surface area contributed by atoms with Crippen LogP contribution in [0.3, 0.4) is 0 Å². The van der Waals surface area contributed by atoms with Gasteiger partial charge in [-0.05, 0) is 46.9 Å². The van der Waals surface area contributed by atoms with Crippen LogP contribution in [-0.4, -0.2) is 18.2 Å². The van der Waals surface area contributed by atoms with E-state index >= 15 is 0 Å². The van der Waals surface area contributed by atoms with Gasteiger partial charge in [0.25, 0.3) is 0 Å². The maximum absolute atomic E-state index is 11.6. The normalized spacial score (nSPS) is 21.7. The molecule has 0 saturated heterocycles. The fourth-order valence-electron chi connectivity index (χ4n) is 4.66. The summed E-state index contributed by atoms with van der Waals surface area (Å²) in [5.74, 6) is 2.70. The van der Waals surface area contributed by atoms with Gasteiger partial charge in [-0.3, -0.25) is 0 Å². The molecule has 0 aromatic heterocycles. The minimum atomic E-state index is -1.42. The summed E-state index contributed by atoms with van der Waals surface area (Å²) in [6.07, 6.45) is 8.13. The van der Waals surface area contributed by atoms with Crippen LogP contribution in [0.25, 0.3) is 0 Å². The highest BCUT2D eigenvalue weighted by Crippen LogP contribution is 2.50. The first-order chi connectivity index (χ1) is 12.7. The van der Waals surface area contributed by atoms with Gasteiger partial charge >= 0.3 is 0 Å². The van der Waals surface area contributed by atoms with Crippen molar-refractivity contribution in [3.05, 3.63) is 64.7 Å². The second-order valence-corrected chi connectivity index (χ2v) is 9.40. The van der Waals surface area contributed by atoms with E-state index in [9.17, 15) is 5.11 Å². The molecule has 1 N–H and O–H groups in total. The van der Waals surface area contributed by atoms with Gasteiger partial charge in [0.15, 0.2) is 5.60 Å². The predicted molar refractivity (Wildman–Crippen MR) is 112 cm³/mol. The summed E-state index contributed by atoms with van der Waals surface area (Å²) in [5.41, 5.74) is 4.29. The van der Waals surface area contributed by atoms with E-state index in [4.69, 9.17) is 6.42 Å². The van der Waals surface area contributed by atoms with Gasteiger partial charge in [0.2, 0.25) is 0 Å². The first kappa shape index (κ1) is 18.1. The van der Waals surface area contributed by atoms with Crippen molar-refractivity contribution in [3.63, 3.8) is 0 Å². The standard InChI is InChI=1S/C25H29NO/c1-6-25(27,18-10-8-7-9-11-18)19-16-20-22-21(17-19)24(4,5)13-15-26(22)14-12-23(20,2)3/h1,7-11,16-17,27H,12-15H2,2-5H3. The number of rotatable bonds is 2. The summed E-state index contributed by atoms with van der Waals surface area (Å²) in [6, 6.07) is 14.0. The molecule has 2 aliphatic heterocycles. The smallest absolute Gasteiger partial charge is 0.176 e. The van der Waals surface area contributed by atoms with Crippen LogP contribution in [0.15, 0.2) is 42.5 Å². The van der Waals surface area contributed by atoms with Crippen molar-refractivity contribution in [3.8, 4) is 12.3 Å². The lowest BCUT2D eigenvalue weighted by molar-refractivity contribution is 0.145. The molecule has 2 heterocycles. The molecule has 4 rings (SSSR count). The molecule has 0 spiro atoms. The minimum absolute atomic E-state index is 0.0657. The molecule has 0 bridgehead atoms. The average molecular weight is 360 g/mol. The van der Waals surface area contributed by atoms with Crippen LogP contribution in [0.5, 0.6) is 0 Å². The minimum Gasteiger partial charge on any atom is -0.371 e. The molecule has 0 amide bonds. The molecule has 0 saturated carbocycles. The van der Waals surface area contributed by atoms with Crippen molar-refractivity contribution in [1.82, 2.24) is 0 Å². The van der Waals surface area contributed by atoms with Gasteiger partial charge in [0, 0.05) is 29.9 Å². The van der Waals surface area contributed by atoms with E-state index in [-0.39, 0.29) is 10.8 Å². The number of hydrogen-bond acceptors (Lipinski definition) is 2. The monoisotopic (exact) mass is 359 g/mol. The Balaban J connectivity index is 2.01. The quantitative estimate of drug-likeness (QED) is 0.784. The zero-order valence-electron chi connectivity index (χ0n) is 16.8. The summed E-state index contributed by atoms with van der Waals surface area (Å²) in [5, 5.41) is 11.6. The van der Waals surface area contributed by atoms with Gasteiger partial charge in [0.05, 0.1) is 0 Å². The first-order valence-corrected chi connectivity index (χ1v) is 9.89. The van der Waals surface area contributed by atoms with Crippen molar-refractivity contribution in [2.75, 3.05) is 18.0 Å². The molecular formula is C25H29NO. The molecule has 0 radical (unpaired) electrons. The number of nitrogens with zero attached hydrogens (tertiary/aromatic N) is 1. The lowest BCUT2D eigenvalue weighted by Gasteiger charge is -2.48. The fourth-order valence-corrected chi connectivity index (χ4v) is 4.66. The van der Waals surface area contributed by atoms with E-state index in [1.54, 1.807) is 0 Å². The molecule has 27 heavy (non-hydrogen) atoms. The maximum Gasteiger partial charge on any atom is 0.176 e. The molecule has 1 atom stereocenters. The Morgan fingerprint density at radius 2 is 1.44 bits per heavy atom. The Morgan fingerprint density at radius 3 is 1.93 bits per heavy atom. The van der Waals surface area contributed by atoms with Crippen molar-refractivity contribution in [2.45, 2.75) is 57.0 Å². The number of benzene rings is 2. The van der Waals surface area contributed by atoms with E-state index in [0.717, 1.165) is 37.1 Å². The summed E-state index contributed by atoms with van der Waals surface area (Å²) in [4.78, 5) is 2.53. The lowest BCUT2D eigenvalue weighted by Crippen LogP contribution is -2.45. The second kappa shape index (κ2) is 5.88. The molecule has 1 unspecified atom stereocenters. The van der Waals surface area contributed by atoms with Crippen LogP contribution in [-0.2, 0) is 16.4 Å². The highest BCUT2D eigenvalue weighted by molar-refractivity contribution is 5.70. The molecule has 0 aliphatic carbocycles. The van der Waals surface area contributed by atoms with Crippen molar-refractivity contribution >= 4 is 5.69 Å². The molecule has 0 fully saturated rings. The fraction of sp³-hybridized carbons (Fsp3) is 0.440. The Bertz CT molecular complexity index is 878. The van der Waals surface area contributed by atoms with Crippen LogP contribution in [0.4, 0.5) is 5.69 Å². The highest BCUT2D eigenvalue weighted by Gasteiger charge is 2.42. The van der Waals surface area contributed by atoms with E-state index in [1.807, 2.05) is 30.3 Å². The van der Waals surface area contributed by atoms with Crippen LogP contribution in [0.1, 0.15) is 62.8 Å². The van der Waals surface area contributed by atoms with Crippen LogP contribution in [0.2, 0.25) is 0 Å². The van der Waals surface area contributed by atoms with E-state index in [2.05, 4.69) is 50.6 Å². The largest absolute Gasteiger partial charge is 0.371 e. The van der Waals surface area contributed by atoms with Gasteiger partial charge in [-0.2, -0.15) is 0 Å². The predicted octanol–water partition coefficient (Wildman–Crippen LogP) is 4.72. The van der Waals surface area contributed by atoms with Gasteiger partial charge in [-0.25, -0.2) is 0 Å². The average Bonchev–Trinajstić information content (AvgIpc) is 2.66. The zero-order valence-corrected chi connectivity index (χ0v) is 16.8. The van der Waals surface area contributed by atoms with Crippen LogP contribution >= 0.6 is 0 Å². The van der Waals surface area contributed by atoms with E-state index in [0.29, 0.717) is 0 Å². The Labute approximate surface area is 163 Å². The number of anilines is 1. The third kappa shape index (κ3) is 2.68. The lowest BCUT2D eigenvalue weighted by atomic mass is 9.68. The molecule has 2 aliphatic rings. The highest BCUT2D eigenvalue weighted by atomic mass is 16.3. The summed E-state index contributed by atoms with van der Waals surface area (Å²) < 4.78 is 0. The topological polar surface area (TPSA) is 23.5 Å². The molecule has 2 nitrogen and oxygen atoms in total. The molecular weight excluding hydrogens is 330 g/mol. The van der Waals surface area contributed by atoms with Crippen molar-refractivity contribution < 1.29 is 5.11 Å². The second-order valence-electron chi connectivity index (χ2n) is 9.40. The third-order valence-corrected chi connectivity index (χ3v) is 6.72. The molecule has 2 heteroatoms. The van der Waals surface area contributed by atoms with Gasteiger partial charge in [0.1, 0.15) is 0 Å². The number of terminal acetylenes is 1. The van der Waals surface area contributed by atoms with Crippen LogP contribution < -0.4 is 4.90 Å². The SMILES string of the molecule is C#CC(O)(c1ccccc1)c1cc2c3c(c1)C(C)(C)CCN3CCC2(C)C. The summed E-state index contributed by atoms with van der Waals surface area (Å²) >= 11 is 0. The van der Waals surface area contributed by atoms with Gasteiger partial charge in [-0.1, -0.05) is 63.9 Å². The number of hydrogen-bond donors (Lipinski definition) is 1. The van der Waals surface area contributed by atoms with E-state index < -0.39 is 5.60 Å². The third-order valence-electron chi connectivity index (χ3n) is 6.72. The Hall–Kier alpha value is -2.24. The van der Waals surface area contributed by atoms with Crippen molar-refractivity contribution in [1.29, 1.82) is 0 Å². The summed E-state index contributed by atoms with van der Waals surface area (Å²) in [6.45, 7) is 11.4. The van der Waals surface area contributed by atoms with E-state index in [1.165, 1.54) is 16.8 Å². The number of aliphatic hydroxyl groups is 1. The van der Waals surface area contributed by atoms with Gasteiger partial charge < -0.3 is 10.0 Å². The Kier molecular flexibility index (Phi) is 3.95. The molecule has 140 valence electrons. The van der Waals surface area contributed by atoms with Crippen molar-refractivity contribution in [2.24, 2.45) is 0 Å². The van der Waals surface area contributed by atoms with Crippen LogP contribution in [0, 0.1) is 12.3 Å². The summed E-state index contributed by atoms with van der Waals surface area (Å²) in [7, 11) is 0. The molecule has 2 aromatic rings.